The third-order valence-corrected chi connectivity index (χ3v) is 2.57. The number of halogens is 1. The fourth-order valence-corrected chi connectivity index (χ4v) is 1.55. The van der Waals surface area contributed by atoms with Crippen LogP contribution in [0.1, 0.15) is 5.56 Å². The smallest absolute Gasteiger partial charge is 0.288 e. The molecule has 7 nitrogen and oxygen atoms in total. The lowest BCUT2D eigenvalue weighted by molar-refractivity contribution is -0.385. The van der Waals surface area contributed by atoms with Gasteiger partial charge in [0.05, 0.1) is 17.7 Å². The van der Waals surface area contributed by atoms with Gasteiger partial charge in [0.1, 0.15) is 11.3 Å². The van der Waals surface area contributed by atoms with E-state index in [9.17, 15) is 14.9 Å². The molecule has 0 N–H and O–H groups in total. The first-order chi connectivity index (χ1) is 8.58. The molecule has 0 aliphatic carbocycles. The average Bonchev–Trinajstić information content (AvgIpc) is 2.34. The second kappa shape index (κ2) is 4.92. The summed E-state index contributed by atoms with van der Waals surface area (Å²) in [5, 5.41) is 10.8. The van der Waals surface area contributed by atoms with Gasteiger partial charge in [-0.1, -0.05) is 17.7 Å². The predicted octanol–water partition coefficient (Wildman–Crippen LogP) is 1.25. The van der Waals surface area contributed by atoms with Crippen molar-refractivity contribution in [2.75, 3.05) is 0 Å². The zero-order chi connectivity index (χ0) is 13.1. The Bertz CT molecular complexity index is 656. The van der Waals surface area contributed by atoms with E-state index in [4.69, 9.17) is 11.6 Å². The molecule has 0 aliphatic rings. The fourth-order valence-electron chi connectivity index (χ4n) is 1.37. The Morgan fingerprint density at radius 3 is 2.89 bits per heavy atom. The highest BCUT2D eigenvalue weighted by Gasteiger charge is 2.10. The molecule has 2 rings (SSSR count). The molecule has 0 saturated heterocycles. The lowest BCUT2D eigenvalue weighted by atomic mass is 10.3. The minimum atomic E-state index is -0.617. The average molecular weight is 267 g/mol. The van der Waals surface area contributed by atoms with Crippen molar-refractivity contribution in [1.29, 1.82) is 0 Å². The molecule has 0 atom stereocenters. The Labute approximate surface area is 106 Å². The van der Waals surface area contributed by atoms with Gasteiger partial charge in [0, 0.05) is 11.8 Å². The van der Waals surface area contributed by atoms with Crippen LogP contribution in [0.4, 0.5) is 5.69 Å². The van der Waals surface area contributed by atoms with Gasteiger partial charge in [-0.2, -0.15) is 4.98 Å². The molecule has 0 aliphatic heterocycles. The summed E-state index contributed by atoms with van der Waals surface area (Å²) in [5.41, 5.74) is -0.251. The second-order valence-electron chi connectivity index (χ2n) is 3.43. The van der Waals surface area contributed by atoms with Crippen molar-refractivity contribution in [1.82, 2.24) is 14.5 Å². The molecule has 0 radical (unpaired) electrons. The van der Waals surface area contributed by atoms with Gasteiger partial charge in [-0.25, -0.2) is 9.78 Å². The van der Waals surface area contributed by atoms with Crippen LogP contribution in [0.3, 0.4) is 0 Å². The summed E-state index contributed by atoms with van der Waals surface area (Å²) < 4.78 is 1.11. The standard InChI is InChI=1S/C10H7ClN4O3/c11-9-7(2-1-3-12-9)5-14-6-8(15(17)18)4-13-10(14)16/h1-4,6H,5H2. The first-order valence-electron chi connectivity index (χ1n) is 4.88. The number of nitro groups is 1. The van der Waals surface area contributed by atoms with Gasteiger partial charge < -0.3 is 0 Å². The van der Waals surface area contributed by atoms with Crippen molar-refractivity contribution >= 4 is 17.3 Å². The molecule has 0 aromatic carbocycles. The molecule has 8 heteroatoms. The maximum absolute atomic E-state index is 11.5. The molecule has 0 unspecified atom stereocenters. The quantitative estimate of drug-likeness (QED) is 0.474. The molecule has 92 valence electrons. The van der Waals surface area contributed by atoms with Gasteiger partial charge in [0.15, 0.2) is 0 Å². The maximum atomic E-state index is 11.5. The van der Waals surface area contributed by atoms with Crippen LogP contribution in [0.25, 0.3) is 0 Å². The van der Waals surface area contributed by atoms with E-state index in [1.165, 1.54) is 6.20 Å². The van der Waals surface area contributed by atoms with Crippen LogP contribution < -0.4 is 5.69 Å². The third kappa shape index (κ3) is 2.51. The molecule has 2 aromatic heterocycles. The Morgan fingerprint density at radius 2 is 2.22 bits per heavy atom. The van der Waals surface area contributed by atoms with E-state index >= 15 is 0 Å². The van der Waals surface area contributed by atoms with Crippen LogP contribution in [-0.2, 0) is 6.54 Å². The highest BCUT2D eigenvalue weighted by molar-refractivity contribution is 6.30. The molecule has 0 fully saturated rings. The number of pyridine rings is 1. The summed E-state index contributed by atoms with van der Waals surface area (Å²) in [6, 6.07) is 3.34. The SMILES string of the molecule is O=c1ncc([N+](=O)[O-])cn1Cc1cccnc1Cl. The molecular weight excluding hydrogens is 260 g/mol. The summed E-state index contributed by atoms with van der Waals surface area (Å²) >= 11 is 5.85. The molecule has 0 spiro atoms. The Morgan fingerprint density at radius 1 is 1.44 bits per heavy atom. The van der Waals surface area contributed by atoms with Crippen LogP contribution in [0, 0.1) is 10.1 Å². The molecule has 0 amide bonds. The van der Waals surface area contributed by atoms with Crippen LogP contribution >= 0.6 is 11.6 Å². The van der Waals surface area contributed by atoms with E-state index in [-0.39, 0.29) is 17.4 Å². The predicted molar refractivity (Wildman–Crippen MR) is 63.5 cm³/mol. The number of nitrogens with zero attached hydrogens (tertiary/aromatic N) is 4. The van der Waals surface area contributed by atoms with Gasteiger partial charge in [-0.05, 0) is 6.07 Å². The highest BCUT2D eigenvalue weighted by atomic mass is 35.5. The van der Waals surface area contributed by atoms with E-state index in [1.54, 1.807) is 12.1 Å². The minimum absolute atomic E-state index is 0.0835. The number of hydrogen-bond acceptors (Lipinski definition) is 5. The van der Waals surface area contributed by atoms with Gasteiger partial charge in [-0.3, -0.25) is 14.7 Å². The van der Waals surface area contributed by atoms with Crippen molar-refractivity contribution < 1.29 is 4.92 Å². The number of hydrogen-bond donors (Lipinski definition) is 0. The van der Waals surface area contributed by atoms with Crippen molar-refractivity contribution in [2.24, 2.45) is 0 Å². The van der Waals surface area contributed by atoms with Crippen LogP contribution in [0.15, 0.2) is 35.5 Å². The van der Waals surface area contributed by atoms with E-state index in [2.05, 4.69) is 9.97 Å². The Hall–Kier alpha value is -2.28. The molecule has 0 bridgehead atoms. The summed E-state index contributed by atoms with van der Waals surface area (Å²) in [6.07, 6.45) is 3.56. The van der Waals surface area contributed by atoms with Crippen LogP contribution in [0.2, 0.25) is 5.15 Å². The van der Waals surface area contributed by atoms with Gasteiger partial charge in [0.2, 0.25) is 0 Å². The second-order valence-corrected chi connectivity index (χ2v) is 3.79. The van der Waals surface area contributed by atoms with Gasteiger partial charge in [-0.15, -0.1) is 0 Å². The lowest BCUT2D eigenvalue weighted by Crippen LogP contribution is -2.23. The van der Waals surface area contributed by atoms with Crippen molar-refractivity contribution in [3.05, 3.63) is 62.0 Å². The zero-order valence-corrected chi connectivity index (χ0v) is 9.74. The van der Waals surface area contributed by atoms with Crippen LogP contribution in [-0.4, -0.2) is 19.5 Å². The topological polar surface area (TPSA) is 90.9 Å². The van der Waals surface area contributed by atoms with E-state index in [0.29, 0.717) is 5.56 Å². The molecule has 2 heterocycles. The van der Waals surface area contributed by atoms with Gasteiger partial charge >= 0.3 is 11.4 Å². The van der Waals surface area contributed by atoms with Gasteiger partial charge in [0.25, 0.3) is 0 Å². The third-order valence-electron chi connectivity index (χ3n) is 2.23. The molecular formula is C10H7ClN4O3. The van der Waals surface area contributed by atoms with Crippen molar-refractivity contribution in [3.63, 3.8) is 0 Å². The summed E-state index contributed by atoms with van der Waals surface area (Å²) in [7, 11) is 0. The summed E-state index contributed by atoms with van der Waals surface area (Å²) in [6.45, 7) is 0.0835. The molecule has 0 saturated carbocycles. The monoisotopic (exact) mass is 266 g/mol. The maximum Gasteiger partial charge on any atom is 0.348 e. The first-order valence-corrected chi connectivity index (χ1v) is 5.26. The van der Waals surface area contributed by atoms with E-state index in [0.717, 1.165) is 17.0 Å². The van der Waals surface area contributed by atoms with E-state index < -0.39 is 10.6 Å². The minimum Gasteiger partial charge on any atom is -0.288 e. The van der Waals surface area contributed by atoms with Crippen LogP contribution in [0.5, 0.6) is 0 Å². The summed E-state index contributed by atoms with van der Waals surface area (Å²) in [5.74, 6) is 0. The molecule has 18 heavy (non-hydrogen) atoms. The van der Waals surface area contributed by atoms with Crippen molar-refractivity contribution in [2.45, 2.75) is 6.54 Å². The Kier molecular flexibility index (Phi) is 3.33. The molecule has 2 aromatic rings. The lowest BCUT2D eigenvalue weighted by Gasteiger charge is -2.05. The van der Waals surface area contributed by atoms with Crippen molar-refractivity contribution in [3.8, 4) is 0 Å². The first kappa shape index (κ1) is 12.2. The Balaban J connectivity index is 2.40. The number of aromatic nitrogens is 3. The zero-order valence-electron chi connectivity index (χ0n) is 8.99. The fraction of sp³-hybridized carbons (Fsp3) is 0.100. The van der Waals surface area contributed by atoms with E-state index in [1.807, 2.05) is 0 Å². The highest BCUT2D eigenvalue weighted by Crippen LogP contribution is 2.13. The number of rotatable bonds is 3. The largest absolute Gasteiger partial charge is 0.348 e. The normalized spacial score (nSPS) is 10.3. The summed E-state index contributed by atoms with van der Waals surface area (Å²) in [4.78, 5) is 28.7.